The number of hydrogen-bond donors (Lipinski definition) is 0. The molecule has 0 saturated heterocycles. The molecule has 0 spiro atoms. The van der Waals surface area contributed by atoms with Gasteiger partial charge < -0.3 is 14.2 Å². The lowest BCUT2D eigenvalue weighted by Gasteiger charge is -2.18. The van der Waals surface area contributed by atoms with Gasteiger partial charge in [-0.05, 0) is 31.1 Å². The molecular formula is C58H112O6. The minimum atomic E-state index is -0.763. The van der Waals surface area contributed by atoms with Gasteiger partial charge in [-0.15, -0.1) is 0 Å². The Balaban J connectivity index is 4.21. The second-order valence-electron chi connectivity index (χ2n) is 20.6. The summed E-state index contributed by atoms with van der Waals surface area (Å²) in [4.78, 5) is 38.1. The summed E-state index contributed by atoms with van der Waals surface area (Å²) in [5.74, 6) is 0.830. The van der Waals surface area contributed by atoms with E-state index in [9.17, 15) is 14.4 Å². The number of esters is 3. The minimum absolute atomic E-state index is 0.0635. The molecule has 0 fully saturated rings. The van der Waals surface area contributed by atoms with Crippen LogP contribution >= 0.6 is 0 Å². The summed E-state index contributed by atoms with van der Waals surface area (Å²) in [6.07, 6.45) is 53.9. The van der Waals surface area contributed by atoms with Crippen molar-refractivity contribution in [3.8, 4) is 0 Å². The highest BCUT2D eigenvalue weighted by Gasteiger charge is 2.19. The Bertz CT molecular complexity index is 980. The van der Waals surface area contributed by atoms with E-state index < -0.39 is 6.10 Å². The predicted molar refractivity (Wildman–Crippen MR) is 275 cm³/mol. The molecule has 0 aromatic carbocycles. The van der Waals surface area contributed by atoms with Crippen molar-refractivity contribution in [2.75, 3.05) is 13.2 Å². The number of ether oxygens (including phenoxy) is 3. The molecule has 0 aromatic heterocycles. The summed E-state index contributed by atoms with van der Waals surface area (Å²) >= 11 is 0. The third-order valence-corrected chi connectivity index (χ3v) is 13.6. The van der Waals surface area contributed by atoms with Crippen molar-refractivity contribution in [1.29, 1.82) is 0 Å². The Morgan fingerprint density at radius 1 is 0.328 bits per heavy atom. The van der Waals surface area contributed by atoms with Crippen molar-refractivity contribution in [3.63, 3.8) is 0 Å². The van der Waals surface area contributed by atoms with Crippen LogP contribution in [-0.4, -0.2) is 37.2 Å². The van der Waals surface area contributed by atoms with Crippen LogP contribution in [0.2, 0.25) is 0 Å². The molecule has 0 aliphatic heterocycles. The van der Waals surface area contributed by atoms with Gasteiger partial charge >= 0.3 is 17.9 Å². The smallest absolute Gasteiger partial charge is 0.306 e. The van der Waals surface area contributed by atoms with Crippen LogP contribution in [0, 0.1) is 11.8 Å². The van der Waals surface area contributed by atoms with Gasteiger partial charge in [0.2, 0.25) is 0 Å². The van der Waals surface area contributed by atoms with Crippen molar-refractivity contribution < 1.29 is 28.6 Å². The standard InChI is InChI=1S/C58H112O6/c1-6-8-9-10-11-12-13-14-19-24-27-30-33-40-45-50-58(61)64-55(52-63-57(60)49-44-39-35-34-37-42-47-54(5)7-2)51-62-56(59)48-43-38-32-29-26-23-21-18-16-15-17-20-22-25-28-31-36-41-46-53(3)4/h53-55H,6-52H2,1-5H3/t54?,55-/m0/s1. The second-order valence-corrected chi connectivity index (χ2v) is 20.6. The molecule has 0 aliphatic rings. The van der Waals surface area contributed by atoms with Crippen molar-refractivity contribution in [2.45, 2.75) is 330 Å². The van der Waals surface area contributed by atoms with E-state index >= 15 is 0 Å². The lowest BCUT2D eigenvalue weighted by Crippen LogP contribution is -2.30. The van der Waals surface area contributed by atoms with Crippen LogP contribution in [0.3, 0.4) is 0 Å². The highest BCUT2D eigenvalue weighted by Crippen LogP contribution is 2.18. The molecular weight excluding hydrogens is 793 g/mol. The molecule has 0 aromatic rings. The van der Waals surface area contributed by atoms with E-state index in [1.165, 1.54) is 212 Å². The van der Waals surface area contributed by atoms with Gasteiger partial charge in [0.25, 0.3) is 0 Å². The van der Waals surface area contributed by atoms with E-state index in [4.69, 9.17) is 14.2 Å². The normalized spacial score (nSPS) is 12.5. The molecule has 0 bridgehead atoms. The van der Waals surface area contributed by atoms with Gasteiger partial charge in [-0.1, -0.05) is 285 Å². The van der Waals surface area contributed by atoms with Crippen molar-refractivity contribution in [3.05, 3.63) is 0 Å². The van der Waals surface area contributed by atoms with E-state index in [1.807, 2.05) is 0 Å². The van der Waals surface area contributed by atoms with Crippen LogP contribution in [-0.2, 0) is 28.6 Å². The van der Waals surface area contributed by atoms with E-state index in [0.717, 1.165) is 69.6 Å². The number of rotatable bonds is 52. The van der Waals surface area contributed by atoms with Gasteiger partial charge in [0.05, 0.1) is 0 Å². The van der Waals surface area contributed by atoms with Crippen molar-refractivity contribution in [1.82, 2.24) is 0 Å². The van der Waals surface area contributed by atoms with Crippen LogP contribution in [0.1, 0.15) is 324 Å². The molecule has 6 heteroatoms. The lowest BCUT2D eigenvalue weighted by molar-refractivity contribution is -0.167. The van der Waals surface area contributed by atoms with Crippen LogP contribution in [0.4, 0.5) is 0 Å². The maximum absolute atomic E-state index is 12.8. The topological polar surface area (TPSA) is 78.9 Å². The maximum Gasteiger partial charge on any atom is 0.306 e. The number of carbonyl (C=O) groups excluding carboxylic acids is 3. The first-order chi connectivity index (χ1) is 31.3. The summed E-state index contributed by atoms with van der Waals surface area (Å²) in [7, 11) is 0. The Hall–Kier alpha value is -1.59. The molecule has 2 atom stereocenters. The number of unbranched alkanes of at least 4 members (excludes halogenated alkanes) is 36. The summed E-state index contributed by atoms with van der Waals surface area (Å²) in [6, 6.07) is 0. The SMILES string of the molecule is CCCCCCCCCCCCCCCCCC(=O)O[C@@H](COC(=O)CCCCCCCCCCCCCCCCCCCCC(C)C)COC(=O)CCCCCCCCC(C)CC. The fourth-order valence-electron chi connectivity index (χ4n) is 8.84. The maximum atomic E-state index is 12.8. The molecule has 0 amide bonds. The van der Waals surface area contributed by atoms with Crippen molar-refractivity contribution in [2.24, 2.45) is 11.8 Å². The van der Waals surface area contributed by atoms with Gasteiger partial charge in [-0.3, -0.25) is 14.4 Å². The second kappa shape index (κ2) is 50.8. The van der Waals surface area contributed by atoms with Gasteiger partial charge in [-0.25, -0.2) is 0 Å². The molecule has 0 aliphatic carbocycles. The molecule has 380 valence electrons. The summed E-state index contributed by atoms with van der Waals surface area (Å²) < 4.78 is 16.9. The van der Waals surface area contributed by atoms with E-state index in [-0.39, 0.29) is 31.1 Å². The van der Waals surface area contributed by atoms with Gasteiger partial charge in [0, 0.05) is 19.3 Å². The first-order valence-electron chi connectivity index (χ1n) is 28.8. The molecule has 6 nitrogen and oxygen atoms in total. The Labute approximate surface area is 399 Å². The highest BCUT2D eigenvalue weighted by atomic mass is 16.6. The van der Waals surface area contributed by atoms with Gasteiger partial charge in [0.15, 0.2) is 6.10 Å². The summed E-state index contributed by atoms with van der Waals surface area (Å²) in [5.41, 5.74) is 0. The average Bonchev–Trinajstić information content (AvgIpc) is 3.28. The third kappa shape index (κ3) is 49.8. The van der Waals surface area contributed by atoms with E-state index in [1.54, 1.807) is 0 Å². The number of carbonyl (C=O) groups is 3. The average molecular weight is 906 g/mol. The molecule has 0 radical (unpaired) electrons. The summed E-state index contributed by atoms with van der Waals surface area (Å²) in [6.45, 7) is 11.4. The summed E-state index contributed by atoms with van der Waals surface area (Å²) in [5, 5.41) is 0. The third-order valence-electron chi connectivity index (χ3n) is 13.6. The van der Waals surface area contributed by atoms with E-state index in [2.05, 4.69) is 34.6 Å². The fourth-order valence-corrected chi connectivity index (χ4v) is 8.84. The minimum Gasteiger partial charge on any atom is -0.462 e. The molecule has 1 unspecified atom stereocenters. The quantitative estimate of drug-likeness (QED) is 0.0344. The zero-order valence-electron chi connectivity index (χ0n) is 43.9. The Kier molecular flexibility index (Phi) is 49.6. The monoisotopic (exact) mass is 905 g/mol. The van der Waals surface area contributed by atoms with Crippen LogP contribution < -0.4 is 0 Å². The molecule has 0 saturated carbocycles. The van der Waals surface area contributed by atoms with E-state index in [0.29, 0.717) is 19.3 Å². The zero-order chi connectivity index (χ0) is 46.8. The first-order valence-corrected chi connectivity index (χ1v) is 28.8. The molecule has 64 heavy (non-hydrogen) atoms. The lowest BCUT2D eigenvalue weighted by atomic mass is 10.00. The predicted octanol–water partition coefficient (Wildman–Crippen LogP) is 18.9. The first kappa shape index (κ1) is 62.4. The molecule has 0 heterocycles. The fraction of sp³-hybridized carbons (Fsp3) is 0.948. The van der Waals surface area contributed by atoms with Gasteiger partial charge in [-0.2, -0.15) is 0 Å². The van der Waals surface area contributed by atoms with Crippen molar-refractivity contribution >= 4 is 17.9 Å². The van der Waals surface area contributed by atoms with Gasteiger partial charge in [0.1, 0.15) is 13.2 Å². The van der Waals surface area contributed by atoms with Crippen LogP contribution in [0.25, 0.3) is 0 Å². The van der Waals surface area contributed by atoms with Crippen LogP contribution in [0.15, 0.2) is 0 Å². The molecule has 0 N–H and O–H groups in total. The Morgan fingerprint density at radius 2 is 0.594 bits per heavy atom. The molecule has 0 rings (SSSR count). The zero-order valence-corrected chi connectivity index (χ0v) is 43.9. The largest absolute Gasteiger partial charge is 0.462 e. The Morgan fingerprint density at radius 3 is 0.891 bits per heavy atom. The number of hydrogen-bond acceptors (Lipinski definition) is 6. The van der Waals surface area contributed by atoms with Crippen LogP contribution in [0.5, 0.6) is 0 Å². The highest BCUT2D eigenvalue weighted by molar-refractivity contribution is 5.71.